The van der Waals surface area contributed by atoms with Gasteiger partial charge in [-0.1, -0.05) is 25.1 Å². The van der Waals surface area contributed by atoms with Crippen molar-refractivity contribution in [3.05, 3.63) is 48.0 Å². The second-order valence-corrected chi connectivity index (χ2v) is 4.46. The smallest absolute Gasteiger partial charge is 0.123 e. The van der Waals surface area contributed by atoms with Crippen molar-refractivity contribution in [3.63, 3.8) is 0 Å². The molecule has 6 heteroatoms. The number of hydrogen-bond donors (Lipinski definition) is 2. The van der Waals surface area contributed by atoms with Gasteiger partial charge < -0.3 is 15.0 Å². The van der Waals surface area contributed by atoms with E-state index in [1.54, 1.807) is 6.33 Å². The van der Waals surface area contributed by atoms with Gasteiger partial charge in [-0.05, 0) is 12.5 Å². The molecule has 0 atom stereocenters. The molecule has 0 radical (unpaired) electrons. The largest absolute Gasteiger partial charge is 0.493 e. The number of para-hydroxylation sites is 1. The first-order valence-electron chi connectivity index (χ1n) is 6.79. The normalized spacial score (nSPS) is 9.57. The lowest BCUT2D eigenvalue weighted by Gasteiger charge is -2.11. The van der Waals surface area contributed by atoms with Crippen LogP contribution in [0.2, 0.25) is 0 Å². The number of nitrogens with one attached hydrogen (secondary N) is 2. The van der Waals surface area contributed by atoms with Crippen LogP contribution in [-0.2, 0) is 13.0 Å². The van der Waals surface area contributed by atoms with Crippen LogP contribution in [0.1, 0.15) is 24.6 Å². The highest BCUT2D eigenvalue weighted by molar-refractivity contribution is 5.85. The quantitative estimate of drug-likeness (QED) is 0.729. The average Bonchev–Trinajstić information content (AvgIpc) is 2.95. The minimum atomic E-state index is 0. The maximum absolute atomic E-state index is 5.73. The van der Waals surface area contributed by atoms with Crippen molar-refractivity contribution in [1.82, 2.24) is 15.3 Å². The first-order valence-corrected chi connectivity index (χ1v) is 6.79. The van der Waals surface area contributed by atoms with Gasteiger partial charge in [-0.15, -0.1) is 24.8 Å². The Morgan fingerprint density at radius 3 is 2.76 bits per heavy atom. The zero-order valence-corrected chi connectivity index (χ0v) is 13.8. The SMILES string of the molecule is CCCOc1ccccc1CNCCc1cnc[nH]1.Cl.Cl. The van der Waals surface area contributed by atoms with Gasteiger partial charge in [-0.25, -0.2) is 4.98 Å². The number of imidazole rings is 1. The lowest BCUT2D eigenvalue weighted by atomic mass is 10.2. The van der Waals surface area contributed by atoms with Crippen molar-refractivity contribution in [2.45, 2.75) is 26.3 Å². The van der Waals surface area contributed by atoms with Crippen LogP contribution in [-0.4, -0.2) is 23.1 Å². The van der Waals surface area contributed by atoms with Crippen molar-refractivity contribution < 1.29 is 4.74 Å². The topological polar surface area (TPSA) is 49.9 Å². The molecule has 0 aliphatic heterocycles. The first kappa shape index (κ1) is 19.8. The van der Waals surface area contributed by atoms with Gasteiger partial charge in [0, 0.05) is 37.0 Å². The predicted molar refractivity (Wildman–Crippen MR) is 90.7 cm³/mol. The van der Waals surface area contributed by atoms with Gasteiger partial charge in [-0.2, -0.15) is 0 Å². The molecule has 1 heterocycles. The van der Waals surface area contributed by atoms with Crippen LogP contribution >= 0.6 is 24.8 Å². The van der Waals surface area contributed by atoms with E-state index in [1.165, 1.54) is 5.56 Å². The number of aromatic amines is 1. The molecule has 0 bridgehead atoms. The fourth-order valence-corrected chi connectivity index (χ4v) is 1.87. The van der Waals surface area contributed by atoms with E-state index in [0.717, 1.165) is 44.0 Å². The Morgan fingerprint density at radius 2 is 2.05 bits per heavy atom. The van der Waals surface area contributed by atoms with Crippen LogP contribution in [0.3, 0.4) is 0 Å². The molecule has 0 amide bonds. The zero-order chi connectivity index (χ0) is 13.3. The first-order chi connectivity index (χ1) is 9.40. The number of H-pyrrole nitrogens is 1. The van der Waals surface area contributed by atoms with Crippen molar-refractivity contribution in [3.8, 4) is 5.75 Å². The van der Waals surface area contributed by atoms with E-state index in [2.05, 4.69) is 28.3 Å². The maximum atomic E-state index is 5.73. The Bertz CT molecular complexity index is 478. The number of hydrogen-bond acceptors (Lipinski definition) is 3. The minimum absolute atomic E-state index is 0. The third-order valence-corrected chi connectivity index (χ3v) is 2.88. The van der Waals surface area contributed by atoms with E-state index in [0.29, 0.717) is 0 Å². The lowest BCUT2D eigenvalue weighted by Crippen LogP contribution is -2.17. The van der Waals surface area contributed by atoms with Crippen LogP contribution in [0.4, 0.5) is 0 Å². The Balaban J connectivity index is 0.00000200. The summed E-state index contributed by atoms with van der Waals surface area (Å²) < 4.78 is 5.73. The van der Waals surface area contributed by atoms with Gasteiger partial charge in [0.05, 0.1) is 12.9 Å². The number of aromatic nitrogens is 2. The molecule has 0 spiro atoms. The van der Waals surface area contributed by atoms with E-state index >= 15 is 0 Å². The van der Waals surface area contributed by atoms with Crippen molar-refractivity contribution in [1.29, 1.82) is 0 Å². The number of rotatable bonds is 8. The van der Waals surface area contributed by atoms with Crippen LogP contribution < -0.4 is 10.1 Å². The molecule has 0 unspecified atom stereocenters. The summed E-state index contributed by atoms with van der Waals surface area (Å²) in [5, 5.41) is 3.43. The molecule has 0 aliphatic rings. The molecule has 2 N–H and O–H groups in total. The Hall–Kier alpha value is -1.23. The van der Waals surface area contributed by atoms with Gasteiger partial charge in [0.2, 0.25) is 0 Å². The summed E-state index contributed by atoms with van der Waals surface area (Å²) in [5.41, 5.74) is 2.36. The summed E-state index contributed by atoms with van der Waals surface area (Å²) in [4.78, 5) is 7.10. The average molecular weight is 332 g/mol. The maximum Gasteiger partial charge on any atom is 0.123 e. The fourth-order valence-electron chi connectivity index (χ4n) is 1.87. The summed E-state index contributed by atoms with van der Waals surface area (Å²) >= 11 is 0. The van der Waals surface area contributed by atoms with E-state index in [1.807, 2.05) is 24.4 Å². The molecule has 0 saturated carbocycles. The molecule has 1 aromatic heterocycles. The number of ether oxygens (including phenoxy) is 1. The van der Waals surface area contributed by atoms with Gasteiger partial charge in [0.15, 0.2) is 0 Å². The van der Waals surface area contributed by atoms with Crippen LogP contribution in [0.25, 0.3) is 0 Å². The molecule has 0 saturated heterocycles. The van der Waals surface area contributed by atoms with E-state index in [9.17, 15) is 0 Å². The zero-order valence-electron chi connectivity index (χ0n) is 12.2. The second kappa shape index (κ2) is 11.4. The molecular weight excluding hydrogens is 309 g/mol. The number of benzene rings is 1. The fraction of sp³-hybridized carbons (Fsp3) is 0.400. The Kier molecular flexibility index (Phi) is 10.8. The van der Waals surface area contributed by atoms with E-state index in [-0.39, 0.29) is 24.8 Å². The number of halogens is 2. The molecule has 21 heavy (non-hydrogen) atoms. The van der Waals surface area contributed by atoms with Gasteiger partial charge in [0.1, 0.15) is 5.75 Å². The van der Waals surface area contributed by atoms with Crippen molar-refractivity contribution in [2.24, 2.45) is 0 Å². The standard InChI is InChI=1S/C15H21N3O.2ClH/c1-2-9-19-15-6-4-3-5-13(15)10-16-8-7-14-11-17-12-18-14;;/h3-6,11-12,16H,2,7-10H2,1H3,(H,17,18);2*1H. The van der Waals surface area contributed by atoms with Crippen LogP contribution in [0, 0.1) is 0 Å². The van der Waals surface area contributed by atoms with Crippen LogP contribution in [0.15, 0.2) is 36.8 Å². The molecule has 1 aromatic carbocycles. The third-order valence-electron chi connectivity index (χ3n) is 2.88. The monoisotopic (exact) mass is 331 g/mol. The molecule has 2 aromatic rings. The minimum Gasteiger partial charge on any atom is -0.493 e. The molecular formula is C15H23Cl2N3O. The molecule has 0 aliphatic carbocycles. The summed E-state index contributed by atoms with van der Waals surface area (Å²) in [5.74, 6) is 0.985. The highest BCUT2D eigenvalue weighted by Crippen LogP contribution is 2.17. The van der Waals surface area contributed by atoms with E-state index in [4.69, 9.17) is 4.74 Å². The predicted octanol–water partition coefficient (Wildman–Crippen LogP) is 3.37. The Labute approximate surface area is 138 Å². The van der Waals surface area contributed by atoms with Gasteiger partial charge in [-0.3, -0.25) is 0 Å². The highest BCUT2D eigenvalue weighted by Gasteiger charge is 2.02. The molecule has 118 valence electrons. The molecule has 4 nitrogen and oxygen atoms in total. The third kappa shape index (κ3) is 6.85. The number of nitrogens with zero attached hydrogens (tertiary/aromatic N) is 1. The molecule has 0 fully saturated rings. The van der Waals surface area contributed by atoms with Crippen molar-refractivity contribution >= 4 is 24.8 Å². The second-order valence-electron chi connectivity index (χ2n) is 4.46. The Morgan fingerprint density at radius 1 is 1.24 bits per heavy atom. The lowest BCUT2D eigenvalue weighted by molar-refractivity contribution is 0.313. The van der Waals surface area contributed by atoms with Gasteiger partial charge in [0.25, 0.3) is 0 Å². The summed E-state index contributed by atoms with van der Waals surface area (Å²) in [6.45, 7) is 4.63. The van der Waals surface area contributed by atoms with Gasteiger partial charge >= 0.3 is 0 Å². The summed E-state index contributed by atoms with van der Waals surface area (Å²) in [6.07, 6.45) is 5.56. The summed E-state index contributed by atoms with van der Waals surface area (Å²) in [6, 6.07) is 8.19. The van der Waals surface area contributed by atoms with Crippen molar-refractivity contribution in [2.75, 3.05) is 13.2 Å². The molecule has 2 rings (SSSR count). The van der Waals surface area contributed by atoms with E-state index < -0.39 is 0 Å². The van der Waals surface area contributed by atoms with Crippen LogP contribution in [0.5, 0.6) is 5.75 Å². The highest BCUT2D eigenvalue weighted by atomic mass is 35.5. The summed E-state index contributed by atoms with van der Waals surface area (Å²) in [7, 11) is 0.